The maximum atomic E-state index is 11.7. The molecule has 1 aromatic rings. The first kappa shape index (κ1) is 15.3. The van der Waals surface area contributed by atoms with E-state index in [9.17, 15) is 9.59 Å². The van der Waals surface area contributed by atoms with E-state index in [2.05, 4.69) is 16.0 Å². The lowest BCUT2D eigenvalue weighted by Crippen LogP contribution is -2.36. The molecule has 3 atom stereocenters. The molecule has 0 bridgehead atoms. The van der Waals surface area contributed by atoms with E-state index in [4.69, 9.17) is 4.42 Å². The van der Waals surface area contributed by atoms with Crippen LogP contribution in [-0.2, 0) is 11.3 Å². The highest BCUT2D eigenvalue weighted by molar-refractivity contribution is 8.00. The number of furan rings is 1. The predicted molar refractivity (Wildman–Crippen MR) is 84.5 cm³/mol. The number of amides is 3. The monoisotopic (exact) mass is 323 g/mol. The summed E-state index contributed by atoms with van der Waals surface area (Å²) in [5, 5.41) is 9.25. The Labute approximate surface area is 133 Å². The van der Waals surface area contributed by atoms with E-state index in [1.807, 2.05) is 23.9 Å². The van der Waals surface area contributed by atoms with Crippen LogP contribution in [0.4, 0.5) is 4.79 Å². The minimum Gasteiger partial charge on any atom is -0.467 e. The van der Waals surface area contributed by atoms with Gasteiger partial charge in [-0.1, -0.05) is 6.42 Å². The molecule has 0 spiro atoms. The second kappa shape index (κ2) is 7.09. The Morgan fingerprint density at radius 2 is 2.32 bits per heavy atom. The van der Waals surface area contributed by atoms with Gasteiger partial charge in [0, 0.05) is 17.4 Å². The molecule has 0 saturated carbocycles. The van der Waals surface area contributed by atoms with Crippen molar-refractivity contribution in [3.8, 4) is 0 Å². The maximum Gasteiger partial charge on any atom is 0.315 e. The first-order valence-corrected chi connectivity index (χ1v) is 8.75. The number of rotatable bonds is 7. The van der Waals surface area contributed by atoms with Crippen LogP contribution in [0.1, 0.15) is 31.4 Å². The van der Waals surface area contributed by atoms with Crippen molar-refractivity contribution < 1.29 is 14.0 Å². The van der Waals surface area contributed by atoms with E-state index >= 15 is 0 Å². The molecule has 0 aliphatic carbocycles. The number of hydrogen-bond donors (Lipinski definition) is 3. The Hall–Kier alpha value is -1.63. The van der Waals surface area contributed by atoms with Crippen LogP contribution < -0.4 is 16.0 Å². The van der Waals surface area contributed by atoms with Gasteiger partial charge in [0.05, 0.1) is 24.9 Å². The summed E-state index contributed by atoms with van der Waals surface area (Å²) in [7, 11) is 0. The fourth-order valence-electron chi connectivity index (χ4n) is 2.96. The van der Waals surface area contributed by atoms with Crippen molar-refractivity contribution in [3.05, 3.63) is 24.2 Å². The molecule has 7 heteroatoms. The molecule has 3 rings (SSSR count). The van der Waals surface area contributed by atoms with Crippen LogP contribution in [0.3, 0.4) is 0 Å². The lowest BCUT2D eigenvalue weighted by Gasteiger charge is -2.16. The summed E-state index contributed by atoms with van der Waals surface area (Å²) in [4.78, 5) is 23.0. The third kappa shape index (κ3) is 3.76. The molecule has 2 saturated heterocycles. The first-order valence-electron chi connectivity index (χ1n) is 7.70. The van der Waals surface area contributed by atoms with E-state index in [1.54, 1.807) is 6.26 Å². The Bertz CT molecular complexity index is 520. The molecule has 2 aliphatic heterocycles. The molecule has 120 valence electrons. The Balaban J connectivity index is 1.29. The molecule has 1 aromatic heterocycles. The molecule has 2 aliphatic rings. The largest absolute Gasteiger partial charge is 0.467 e. The molecule has 0 radical (unpaired) electrons. The smallest absolute Gasteiger partial charge is 0.315 e. The lowest BCUT2D eigenvalue weighted by atomic mass is 10.0. The van der Waals surface area contributed by atoms with E-state index in [1.165, 1.54) is 0 Å². The zero-order chi connectivity index (χ0) is 15.4. The Kier molecular flexibility index (Phi) is 4.92. The number of fused-ring (bicyclic) bond motifs is 1. The Morgan fingerprint density at radius 1 is 1.41 bits per heavy atom. The van der Waals surface area contributed by atoms with Crippen molar-refractivity contribution in [2.75, 3.05) is 5.75 Å². The topological polar surface area (TPSA) is 83.4 Å². The number of thioether (sulfide) groups is 1. The van der Waals surface area contributed by atoms with Gasteiger partial charge in [-0.05, 0) is 25.0 Å². The molecule has 0 aromatic carbocycles. The van der Waals surface area contributed by atoms with Gasteiger partial charge in [0.1, 0.15) is 5.76 Å². The average Bonchev–Trinajstić information content (AvgIpc) is 3.19. The quantitative estimate of drug-likeness (QED) is 0.526. The number of carbonyl (C=O) groups excluding carboxylic acids is 2. The van der Waals surface area contributed by atoms with Gasteiger partial charge in [0.15, 0.2) is 0 Å². The second-order valence-corrected chi connectivity index (χ2v) is 7.00. The average molecular weight is 323 g/mol. The van der Waals surface area contributed by atoms with Gasteiger partial charge in [0.25, 0.3) is 0 Å². The predicted octanol–water partition coefficient (Wildman–Crippen LogP) is 1.62. The Morgan fingerprint density at radius 3 is 3.14 bits per heavy atom. The number of urea groups is 1. The highest BCUT2D eigenvalue weighted by Crippen LogP contribution is 2.33. The van der Waals surface area contributed by atoms with Crippen molar-refractivity contribution in [3.63, 3.8) is 0 Å². The molecule has 2 fully saturated rings. The molecule has 3 unspecified atom stereocenters. The van der Waals surface area contributed by atoms with E-state index in [0.29, 0.717) is 18.2 Å². The van der Waals surface area contributed by atoms with Crippen LogP contribution in [0.2, 0.25) is 0 Å². The third-order valence-corrected chi connectivity index (χ3v) is 5.63. The van der Waals surface area contributed by atoms with E-state index in [-0.39, 0.29) is 24.0 Å². The fourth-order valence-corrected chi connectivity index (χ4v) is 4.50. The lowest BCUT2D eigenvalue weighted by molar-refractivity contribution is -0.121. The van der Waals surface area contributed by atoms with Gasteiger partial charge in [-0.3, -0.25) is 4.79 Å². The van der Waals surface area contributed by atoms with Crippen LogP contribution in [-0.4, -0.2) is 35.0 Å². The SMILES string of the molecule is O=C(CCCCC1SCC2NC(=O)NC21)NCc1ccco1. The van der Waals surface area contributed by atoms with Gasteiger partial charge in [-0.25, -0.2) is 4.79 Å². The minimum absolute atomic E-state index is 0.0439. The van der Waals surface area contributed by atoms with Gasteiger partial charge in [-0.2, -0.15) is 11.8 Å². The van der Waals surface area contributed by atoms with Crippen molar-refractivity contribution in [2.24, 2.45) is 0 Å². The van der Waals surface area contributed by atoms with Crippen molar-refractivity contribution >= 4 is 23.7 Å². The van der Waals surface area contributed by atoms with Gasteiger partial charge in [0.2, 0.25) is 5.91 Å². The highest BCUT2D eigenvalue weighted by Gasteiger charge is 2.42. The normalized spacial score (nSPS) is 26.4. The molecular weight excluding hydrogens is 302 g/mol. The standard InChI is InChI=1S/C15H21N3O3S/c19-13(16-8-10-4-3-7-21-10)6-2-1-5-12-14-11(9-22-12)17-15(20)18-14/h3-4,7,11-12,14H,1-2,5-6,8-9H2,(H,16,19)(H2,17,18,20). The summed E-state index contributed by atoms with van der Waals surface area (Å²) in [6.07, 6.45) is 5.06. The summed E-state index contributed by atoms with van der Waals surface area (Å²) in [6.45, 7) is 0.450. The maximum absolute atomic E-state index is 11.7. The fraction of sp³-hybridized carbons (Fsp3) is 0.600. The van der Waals surface area contributed by atoms with Gasteiger partial charge >= 0.3 is 6.03 Å². The van der Waals surface area contributed by atoms with Crippen LogP contribution in [0.5, 0.6) is 0 Å². The zero-order valence-corrected chi connectivity index (χ0v) is 13.2. The van der Waals surface area contributed by atoms with Crippen molar-refractivity contribution in [2.45, 2.75) is 49.6 Å². The van der Waals surface area contributed by atoms with Crippen molar-refractivity contribution in [1.29, 1.82) is 0 Å². The van der Waals surface area contributed by atoms with E-state index in [0.717, 1.165) is 30.8 Å². The summed E-state index contributed by atoms with van der Waals surface area (Å²) >= 11 is 1.91. The molecule has 3 heterocycles. The number of carbonyl (C=O) groups is 2. The van der Waals surface area contributed by atoms with Gasteiger partial charge < -0.3 is 20.4 Å². The van der Waals surface area contributed by atoms with Gasteiger partial charge in [-0.15, -0.1) is 0 Å². The second-order valence-electron chi connectivity index (χ2n) is 5.72. The van der Waals surface area contributed by atoms with Crippen LogP contribution >= 0.6 is 11.8 Å². The summed E-state index contributed by atoms with van der Waals surface area (Å²) in [5.41, 5.74) is 0. The van der Waals surface area contributed by atoms with Crippen LogP contribution in [0.25, 0.3) is 0 Å². The summed E-state index contributed by atoms with van der Waals surface area (Å²) in [5.74, 6) is 1.81. The third-order valence-electron chi connectivity index (χ3n) is 4.12. The zero-order valence-electron chi connectivity index (χ0n) is 12.3. The molecular formula is C15H21N3O3S. The molecule has 22 heavy (non-hydrogen) atoms. The van der Waals surface area contributed by atoms with Crippen LogP contribution in [0.15, 0.2) is 22.8 Å². The summed E-state index contributed by atoms with van der Waals surface area (Å²) < 4.78 is 5.17. The first-order chi connectivity index (χ1) is 10.7. The van der Waals surface area contributed by atoms with Crippen LogP contribution in [0, 0.1) is 0 Å². The number of hydrogen-bond acceptors (Lipinski definition) is 4. The van der Waals surface area contributed by atoms with E-state index < -0.39 is 0 Å². The summed E-state index contributed by atoms with van der Waals surface area (Å²) in [6, 6.07) is 4.14. The molecule has 6 nitrogen and oxygen atoms in total. The number of nitrogens with one attached hydrogen (secondary N) is 3. The minimum atomic E-state index is -0.0439. The number of unbranched alkanes of at least 4 members (excludes halogenated alkanes) is 1. The molecule has 3 N–H and O–H groups in total. The highest BCUT2D eigenvalue weighted by atomic mass is 32.2. The van der Waals surface area contributed by atoms with Crippen molar-refractivity contribution in [1.82, 2.24) is 16.0 Å². The molecule has 3 amide bonds.